The zero-order valence-electron chi connectivity index (χ0n) is 61.9. The number of aryl methyl sites for hydroxylation is 4. The Kier molecular flexibility index (Phi) is 33.1. The number of benzene rings is 2. The fraction of sp³-hybridized carbons (Fsp3) is 0.522. The minimum atomic E-state index is 1.15. The molecule has 0 unspecified atom stereocenters. The molecule has 0 saturated heterocycles. The molecule has 0 N–H and O–H groups in total. The van der Waals surface area contributed by atoms with Gasteiger partial charge in [-0.3, -0.25) is 0 Å². The summed E-state index contributed by atoms with van der Waals surface area (Å²) in [6.45, 7) is 9.32. The highest BCUT2D eigenvalue weighted by atomic mass is 32.1. The van der Waals surface area contributed by atoms with Gasteiger partial charge in [-0.25, -0.2) is 0 Å². The van der Waals surface area contributed by atoms with Crippen LogP contribution in [-0.2, 0) is 25.7 Å². The fourth-order valence-corrected chi connectivity index (χ4v) is 24.1. The summed E-state index contributed by atoms with van der Waals surface area (Å²) in [7, 11) is 0. The molecule has 8 heteroatoms. The molecule has 0 aliphatic carbocycles. The van der Waals surface area contributed by atoms with Crippen LogP contribution in [0.4, 0.5) is 0 Å². The molecule has 0 atom stereocenters. The highest BCUT2D eigenvalue weighted by Crippen LogP contribution is 2.51. The third kappa shape index (κ3) is 22.8. The van der Waals surface area contributed by atoms with E-state index in [-0.39, 0.29) is 0 Å². The summed E-state index contributed by atoms with van der Waals surface area (Å²) in [5.74, 6) is 0. The maximum atomic E-state index is 2.72. The van der Waals surface area contributed by atoms with Crippen molar-refractivity contribution in [3.63, 3.8) is 0 Å². The van der Waals surface area contributed by atoms with E-state index in [1.54, 1.807) is 22.3 Å². The normalized spacial score (nSPS) is 12.0. The predicted octanol–water partition coefficient (Wildman–Crippen LogP) is 35.0. The highest BCUT2D eigenvalue weighted by Gasteiger charge is 2.23. The van der Waals surface area contributed by atoms with Crippen molar-refractivity contribution in [2.24, 2.45) is 0 Å². The lowest BCUT2D eigenvalue weighted by Crippen LogP contribution is -1.97. The predicted molar refractivity (Wildman–Crippen MR) is 460 cm³/mol. The van der Waals surface area contributed by atoms with Crippen molar-refractivity contribution < 1.29 is 0 Å². The molecule has 2 aromatic carbocycles. The minimum Gasteiger partial charge on any atom is -0.142 e. The number of hydrogen-bond donors (Lipinski definition) is 0. The highest BCUT2D eigenvalue weighted by molar-refractivity contribution is 7.29. The molecule has 1 aliphatic heterocycles. The Hall–Kier alpha value is -3.96. The number of rotatable bonds is 44. The lowest BCUT2D eigenvalue weighted by molar-refractivity contribution is 0.555. The van der Waals surface area contributed by atoms with E-state index in [0.29, 0.717) is 0 Å². The summed E-state index contributed by atoms with van der Waals surface area (Å²) in [6, 6.07) is 47.4. The minimum absolute atomic E-state index is 1.15. The summed E-state index contributed by atoms with van der Waals surface area (Å²) >= 11 is 16.0. The summed E-state index contributed by atoms with van der Waals surface area (Å²) in [5, 5.41) is 2.35. The van der Waals surface area contributed by atoms with E-state index in [0.717, 1.165) is 25.7 Å². The maximum Gasteiger partial charge on any atom is 0.0529 e. The van der Waals surface area contributed by atoms with Gasteiger partial charge in [0.05, 0.1) is 4.88 Å². The first-order chi connectivity index (χ1) is 49.5. The van der Waals surface area contributed by atoms with Gasteiger partial charge in [0.25, 0.3) is 0 Å². The molecule has 0 spiro atoms. The molecule has 0 nitrogen and oxygen atoms in total. The Morgan fingerprint density at radius 1 is 0.180 bits per heavy atom. The van der Waals surface area contributed by atoms with Crippen LogP contribution in [0.15, 0.2) is 121 Å². The van der Waals surface area contributed by atoms with Gasteiger partial charge in [-0.15, -0.1) is 90.7 Å². The van der Waals surface area contributed by atoms with Crippen molar-refractivity contribution in [3.05, 3.63) is 143 Å². The zero-order valence-corrected chi connectivity index (χ0v) is 68.5. The Bertz CT molecular complexity index is 3920. The molecule has 9 heterocycles. The van der Waals surface area contributed by atoms with E-state index in [1.807, 2.05) is 90.7 Å². The standard InChI is InChI=1S/C92H120S8/c1-5-9-13-17-21-25-29-33-37-41-45-69-65-70(46-42-38-34-30-26-22-18-14-10-6-2)75-67-74(69)79-50-55-84(95-79)83-54-49-78(94-83)73-63-64-93-92(73)91-62-53-82(98-91)77-68-76(81-52-57-86(97-81)88-59-61-90(100-88)89-60-58-87(99-89)85-56-51-80(75)96-85)71(47-43-39-35-31-27-23-19-15-11-7-3)66-72(77)48-44-40-36-32-28-24-20-16-12-8-4/h49-68H,5-48H2,1-4H3. The number of hydrogen-bond acceptors (Lipinski definition) is 8. The van der Waals surface area contributed by atoms with Crippen LogP contribution < -0.4 is 0 Å². The Morgan fingerprint density at radius 2 is 0.370 bits per heavy atom. The van der Waals surface area contributed by atoms with Gasteiger partial charge in [0, 0.05) is 73.8 Å². The Balaban J connectivity index is 0.927. The quantitative estimate of drug-likeness (QED) is 0.0334. The molecule has 536 valence electrons. The third-order valence-corrected chi connectivity index (χ3v) is 30.9. The lowest BCUT2D eigenvalue weighted by atomic mass is 9.90. The molecule has 0 radical (unpaired) electrons. The maximum absolute atomic E-state index is 2.72. The van der Waals surface area contributed by atoms with Crippen molar-refractivity contribution in [1.29, 1.82) is 0 Å². The topological polar surface area (TPSA) is 0 Å². The van der Waals surface area contributed by atoms with Gasteiger partial charge in [-0.05, 0) is 204 Å². The molecule has 100 heavy (non-hydrogen) atoms. The molecule has 10 aromatic rings. The van der Waals surface area contributed by atoms with Gasteiger partial charge in [-0.2, -0.15) is 0 Å². The lowest BCUT2D eigenvalue weighted by Gasteiger charge is -2.16. The Labute approximate surface area is 639 Å². The zero-order chi connectivity index (χ0) is 68.8. The average molecular weight is 1480 g/mol. The first kappa shape index (κ1) is 77.1. The van der Waals surface area contributed by atoms with Crippen molar-refractivity contribution >= 4 is 90.7 Å². The first-order valence-corrected chi connectivity index (χ1v) is 47.2. The second-order valence-electron chi connectivity index (χ2n) is 29.4. The smallest absolute Gasteiger partial charge is 0.0529 e. The van der Waals surface area contributed by atoms with Crippen LogP contribution in [0.2, 0.25) is 0 Å². The van der Waals surface area contributed by atoms with Crippen molar-refractivity contribution in [2.45, 2.75) is 310 Å². The van der Waals surface area contributed by atoms with Gasteiger partial charge in [-0.1, -0.05) is 271 Å². The van der Waals surface area contributed by atoms with Crippen LogP contribution in [0, 0.1) is 0 Å². The van der Waals surface area contributed by atoms with Gasteiger partial charge in [0.2, 0.25) is 0 Å². The fourth-order valence-electron chi connectivity index (χ4n) is 15.3. The summed E-state index contributed by atoms with van der Waals surface area (Å²) in [6.07, 6.45) is 59.3. The van der Waals surface area contributed by atoms with Gasteiger partial charge >= 0.3 is 0 Å². The average Bonchev–Trinajstić information content (AvgIpc) is 1.64. The van der Waals surface area contributed by atoms with E-state index < -0.39 is 0 Å². The van der Waals surface area contributed by atoms with Gasteiger partial charge < -0.3 is 0 Å². The van der Waals surface area contributed by atoms with Crippen LogP contribution in [0.3, 0.4) is 0 Å². The van der Waals surface area contributed by atoms with Gasteiger partial charge in [0.1, 0.15) is 0 Å². The van der Waals surface area contributed by atoms with Crippen LogP contribution in [0.5, 0.6) is 0 Å². The monoisotopic (exact) mass is 1480 g/mol. The molecule has 0 saturated carbocycles. The van der Waals surface area contributed by atoms with Gasteiger partial charge in [0.15, 0.2) is 0 Å². The van der Waals surface area contributed by atoms with Crippen LogP contribution >= 0.6 is 90.7 Å². The summed E-state index contributed by atoms with van der Waals surface area (Å²) in [5.41, 5.74) is 13.5. The first-order valence-electron chi connectivity index (χ1n) is 40.6. The molecule has 0 amide bonds. The molecular formula is C92H120S8. The van der Waals surface area contributed by atoms with E-state index >= 15 is 0 Å². The van der Waals surface area contributed by atoms with Crippen molar-refractivity contribution in [1.82, 2.24) is 0 Å². The van der Waals surface area contributed by atoms with Crippen LogP contribution in [0.1, 0.15) is 307 Å². The number of fused-ring (bicyclic) bond motifs is 29. The number of unbranched alkanes of at least 4 members (excludes halogenated alkanes) is 36. The van der Waals surface area contributed by atoms with E-state index in [2.05, 4.69) is 148 Å². The summed E-state index contributed by atoms with van der Waals surface area (Å²) < 4.78 is 0. The second kappa shape index (κ2) is 42.9. The SMILES string of the molecule is CCCCCCCCCCCCc1cc(CCCCCCCCCCCC)c2cc1-c1ccc(s1)-c1ccc(s1)-c1ccc(s1)-c1ccc(s1)-c1cc(c(CCCCCCCCCCCC)cc1CCCCCCCCCCCC)-c1ccc(s1)-c1sccc1-c1ccc(s1)-c1ccc-2s1. The van der Waals surface area contributed by atoms with E-state index in [4.69, 9.17) is 0 Å². The second-order valence-corrected chi connectivity index (χ2v) is 37.9. The molecule has 18 bridgehead atoms. The largest absolute Gasteiger partial charge is 0.142 e. The molecule has 11 rings (SSSR count). The van der Waals surface area contributed by atoms with Crippen molar-refractivity contribution in [3.8, 4) is 101 Å². The van der Waals surface area contributed by atoms with Crippen LogP contribution in [0.25, 0.3) is 101 Å². The third-order valence-electron chi connectivity index (χ3n) is 21.3. The van der Waals surface area contributed by atoms with Crippen molar-refractivity contribution in [2.75, 3.05) is 0 Å². The van der Waals surface area contributed by atoms with E-state index in [1.165, 1.54) is 358 Å². The molecular weight excluding hydrogens is 1360 g/mol. The number of thiophene rings is 8. The molecule has 0 fully saturated rings. The van der Waals surface area contributed by atoms with Crippen LogP contribution in [-0.4, -0.2) is 0 Å². The Morgan fingerprint density at radius 3 is 0.620 bits per heavy atom. The molecule has 1 aliphatic rings. The van der Waals surface area contributed by atoms with E-state index in [9.17, 15) is 0 Å². The molecule has 8 aromatic heterocycles. The summed E-state index contributed by atoms with van der Waals surface area (Å²) in [4.78, 5) is 20.9.